The lowest BCUT2D eigenvalue weighted by atomic mass is 9.89. The highest BCUT2D eigenvalue weighted by atomic mass is 16.5. The maximum atomic E-state index is 11.4. The van der Waals surface area contributed by atoms with Gasteiger partial charge in [0.25, 0.3) is 0 Å². The highest BCUT2D eigenvalue weighted by Gasteiger charge is 2.26. The third kappa shape index (κ3) is 2.99. The van der Waals surface area contributed by atoms with Crippen molar-refractivity contribution < 1.29 is 9.53 Å². The molecule has 1 aliphatic heterocycles. The van der Waals surface area contributed by atoms with Crippen molar-refractivity contribution in [1.29, 1.82) is 0 Å². The number of hydrogen-bond acceptors (Lipinski definition) is 3. The molecule has 0 bridgehead atoms. The molecule has 0 amide bonds. The van der Waals surface area contributed by atoms with Gasteiger partial charge in [-0.05, 0) is 25.8 Å². The summed E-state index contributed by atoms with van der Waals surface area (Å²) in [5.74, 6) is 0.690. The van der Waals surface area contributed by atoms with Crippen LogP contribution in [0.2, 0.25) is 0 Å². The van der Waals surface area contributed by atoms with E-state index in [1.165, 1.54) is 0 Å². The molecule has 0 aromatic heterocycles. The van der Waals surface area contributed by atoms with E-state index in [9.17, 15) is 4.79 Å². The van der Waals surface area contributed by atoms with E-state index in [-0.39, 0.29) is 11.9 Å². The molecule has 2 unspecified atom stereocenters. The Morgan fingerprint density at radius 2 is 2.23 bits per heavy atom. The molecule has 0 aromatic carbocycles. The molecule has 2 atom stereocenters. The molecular formula is C10H19NO2. The summed E-state index contributed by atoms with van der Waals surface area (Å²) < 4.78 is 5.00. The molecule has 0 radical (unpaired) electrons. The van der Waals surface area contributed by atoms with Gasteiger partial charge >= 0.3 is 5.97 Å². The predicted octanol–water partition coefficient (Wildman–Crippen LogP) is 1.19. The van der Waals surface area contributed by atoms with Crippen molar-refractivity contribution >= 4 is 5.97 Å². The quantitative estimate of drug-likeness (QED) is 0.671. The second-order valence-corrected chi connectivity index (χ2v) is 3.62. The van der Waals surface area contributed by atoms with Crippen molar-refractivity contribution in [3.63, 3.8) is 0 Å². The lowest BCUT2D eigenvalue weighted by Crippen LogP contribution is -2.40. The minimum absolute atomic E-state index is 0.0341. The molecule has 0 aromatic rings. The minimum atomic E-state index is -0.0341. The average Bonchev–Trinajstić information content (AvgIpc) is 2.18. The Balaban J connectivity index is 2.37. The van der Waals surface area contributed by atoms with Crippen molar-refractivity contribution in [2.45, 2.75) is 26.7 Å². The zero-order valence-corrected chi connectivity index (χ0v) is 8.51. The smallest absolute Gasteiger partial charge is 0.310 e. The molecule has 0 spiro atoms. The molecule has 1 rings (SSSR count). The Bertz CT molecular complexity index is 170. The average molecular weight is 185 g/mol. The molecule has 1 saturated heterocycles. The van der Waals surface area contributed by atoms with Crippen LogP contribution in [0.25, 0.3) is 0 Å². The molecule has 0 aliphatic carbocycles. The lowest BCUT2D eigenvalue weighted by molar-refractivity contribution is -0.149. The third-order valence-corrected chi connectivity index (χ3v) is 2.64. The fourth-order valence-corrected chi connectivity index (χ4v) is 1.78. The summed E-state index contributed by atoms with van der Waals surface area (Å²) in [5.41, 5.74) is 0. The first-order valence-corrected chi connectivity index (χ1v) is 5.15. The normalized spacial score (nSPS) is 28.5. The zero-order valence-electron chi connectivity index (χ0n) is 8.51. The summed E-state index contributed by atoms with van der Waals surface area (Å²) >= 11 is 0. The Morgan fingerprint density at radius 3 is 2.85 bits per heavy atom. The molecule has 1 fully saturated rings. The minimum Gasteiger partial charge on any atom is -0.466 e. The van der Waals surface area contributed by atoms with Crippen molar-refractivity contribution in [3.05, 3.63) is 0 Å². The maximum absolute atomic E-state index is 11.4. The number of carbonyl (C=O) groups is 1. The lowest BCUT2D eigenvalue weighted by Gasteiger charge is -2.27. The van der Waals surface area contributed by atoms with Gasteiger partial charge in [-0.2, -0.15) is 0 Å². The van der Waals surface area contributed by atoms with Crippen LogP contribution in [0.15, 0.2) is 0 Å². The second kappa shape index (κ2) is 5.22. The summed E-state index contributed by atoms with van der Waals surface area (Å²) in [7, 11) is 0. The first-order valence-electron chi connectivity index (χ1n) is 5.15. The van der Waals surface area contributed by atoms with Crippen LogP contribution in [0, 0.1) is 11.8 Å². The van der Waals surface area contributed by atoms with Crippen LogP contribution in [-0.4, -0.2) is 25.7 Å². The van der Waals surface area contributed by atoms with Gasteiger partial charge in [0, 0.05) is 6.54 Å². The second-order valence-electron chi connectivity index (χ2n) is 3.62. The highest BCUT2D eigenvalue weighted by molar-refractivity contribution is 5.72. The van der Waals surface area contributed by atoms with Gasteiger partial charge in [0.2, 0.25) is 0 Å². The monoisotopic (exact) mass is 185 g/mol. The molecule has 3 nitrogen and oxygen atoms in total. The Labute approximate surface area is 79.8 Å². The summed E-state index contributed by atoms with van der Waals surface area (Å²) in [4.78, 5) is 11.4. The maximum Gasteiger partial charge on any atom is 0.310 e. The number of ether oxygens (including phenoxy) is 1. The van der Waals surface area contributed by atoms with Crippen molar-refractivity contribution in [3.8, 4) is 0 Å². The van der Waals surface area contributed by atoms with Gasteiger partial charge in [-0.1, -0.05) is 13.3 Å². The first-order chi connectivity index (χ1) is 6.27. The van der Waals surface area contributed by atoms with E-state index in [0.29, 0.717) is 12.5 Å². The van der Waals surface area contributed by atoms with Gasteiger partial charge < -0.3 is 10.1 Å². The van der Waals surface area contributed by atoms with Crippen molar-refractivity contribution in [2.75, 3.05) is 19.7 Å². The van der Waals surface area contributed by atoms with Gasteiger partial charge in [-0.15, -0.1) is 0 Å². The summed E-state index contributed by atoms with van der Waals surface area (Å²) in [6.07, 6.45) is 2.13. The first kappa shape index (κ1) is 10.5. The molecule has 0 saturated carbocycles. The van der Waals surface area contributed by atoms with E-state index >= 15 is 0 Å². The van der Waals surface area contributed by atoms with Gasteiger partial charge in [0.1, 0.15) is 0 Å². The van der Waals surface area contributed by atoms with Crippen LogP contribution in [0.4, 0.5) is 0 Å². The number of piperidine rings is 1. The molecule has 1 aliphatic rings. The van der Waals surface area contributed by atoms with Crippen LogP contribution in [0.5, 0.6) is 0 Å². The van der Waals surface area contributed by atoms with Crippen LogP contribution in [-0.2, 0) is 9.53 Å². The number of rotatable bonds is 3. The van der Waals surface area contributed by atoms with Gasteiger partial charge in [0.05, 0.1) is 12.5 Å². The summed E-state index contributed by atoms with van der Waals surface area (Å²) in [5, 5.41) is 3.27. The topological polar surface area (TPSA) is 38.3 Å². The van der Waals surface area contributed by atoms with Gasteiger partial charge in [-0.25, -0.2) is 0 Å². The van der Waals surface area contributed by atoms with Crippen molar-refractivity contribution in [1.82, 2.24) is 5.32 Å². The van der Waals surface area contributed by atoms with E-state index in [4.69, 9.17) is 4.74 Å². The van der Waals surface area contributed by atoms with Crippen LogP contribution < -0.4 is 5.32 Å². The summed E-state index contributed by atoms with van der Waals surface area (Å²) in [6, 6.07) is 0. The fraction of sp³-hybridized carbons (Fsp3) is 0.900. The third-order valence-electron chi connectivity index (χ3n) is 2.64. The van der Waals surface area contributed by atoms with Crippen LogP contribution >= 0.6 is 0 Å². The van der Waals surface area contributed by atoms with Crippen molar-refractivity contribution in [2.24, 2.45) is 11.8 Å². The van der Waals surface area contributed by atoms with E-state index in [1.807, 2.05) is 6.92 Å². The molecular weight excluding hydrogens is 166 g/mol. The Kier molecular flexibility index (Phi) is 4.22. The number of hydrogen-bond donors (Lipinski definition) is 1. The standard InChI is InChI=1S/C10H19NO2/c1-3-8-5-9(7-11-6-8)10(12)13-4-2/h8-9,11H,3-7H2,1-2H3. The number of nitrogens with one attached hydrogen (secondary N) is 1. The molecule has 13 heavy (non-hydrogen) atoms. The van der Waals surface area contributed by atoms with Crippen LogP contribution in [0.1, 0.15) is 26.7 Å². The Morgan fingerprint density at radius 1 is 1.46 bits per heavy atom. The molecule has 1 heterocycles. The number of carbonyl (C=O) groups excluding carboxylic acids is 1. The van der Waals surface area contributed by atoms with E-state index in [0.717, 1.165) is 25.9 Å². The predicted molar refractivity (Wildman–Crippen MR) is 51.4 cm³/mol. The van der Waals surface area contributed by atoms with Gasteiger partial charge in [0.15, 0.2) is 0 Å². The zero-order chi connectivity index (χ0) is 9.68. The SMILES string of the molecule is CCOC(=O)C1CNCC(CC)C1. The molecule has 76 valence electrons. The van der Waals surface area contributed by atoms with Crippen LogP contribution in [0.3, 0.4) is 0 Å². The largest absolute Gasteiger partial charge is 0.466 e. The molecule has 1 N–H and O–H groups in total. The number of esters is 1. The fourth-order valence-electron chi connectivity index (χ4n) is 1.78. The van der Waals surface area contributed by atoms with E-state index < -0.39 is 0 Å². The highest BCUT2D eigenvalue weighted by Crippen LogP contribution is 2.19. The van der Waals surface area contributed by atoms with E-state index in [1.54, 1.807) is 0 Å². The summed E-state index contributed by atoms with van der Waals surface area (Å²) in [6.45, 7) is 6.35. The van der Waals surface area contributed by atoms with Gasteiger partial charge in [-0.3, -0.25) is 4.79 Å². The Hall–Kier alpha value is -0.570. The molecule has 3 heteroatoms. The van der Waals surface area contributed by atoms with E-state index in [2.05, 4.69) is 12.2 Å².